The zero-order valence-corrected chi connectivity index (χ0v) is 13.4. The molecule has 2 aromatic carbocycles. The maximum atomic E-state index is 12.2. The minimum atomic E-state index is -0.965. The van der Waals surface area contributed by atoms with Crippen molar-refractivity contribution in [3.8, 4) is 0 Å². The van der Waals surface area contributed by atoms with E-state index < -0.39 is 5.97 Å². The number of amides is 1. The van der Waals surface area contributed by atoms with Crippen molar-refractivity contribution >= 4 is 17.6 Å². The zero-order valence-electron chi connectivity index (χ0n) is 13.4. The molecule has 0 aliphatic carbocycles. The molecule has 0 bridgehead atoms. The quantitative estimate of drug-likeness (QED) is 0.852. The highest BCUT2D eigenvalue weighted by molar-refractivity contribution is 5.93. The van der Waals surface area contributed by atoms with Gasteiger partial charge in [-0.15, -0.1) is 0 Å². The molecule has 2 aromatic rings. The fourth-order valence-corrected chi connectivity index (χ4v) is 2.60. The second kappa shape index (κ2) is 7.58. The van der Waals surface area contributed by atoms with Crippen LogP contribution in [0.3, 0.4) is 0 Å². The van der Waals surface area contributed by atoms with Crippen LogP contribution in [-0.2, 0) is 17.6 Å². The number of benzene rings is 2. The van der Waals surface area contributed by atoms with Crippen LogP contribution >= 0.6 is 0 Å². The van der Waals surface area contributed by atoms with E-state index in [0.717, 1.165) is 23.2 Å². The molecule has 1 amide bonds. The number of anilines is 1. The molecule has 0 aromatic heterocycles. The summed E-state index contributed by atoms with van der Waals surface area (Å²) in [5.74, 6) is -1.07. The minimum absolute atomic E-state index is 0.103. The van der Waals surface area contributed by atoms with E-state index in [1.807, 2.05) is 32.0 Å². The molecule has 23 heavy (non-hydrogen) atoms. The number of carboxylic acid groups (broad SMARTS) is 1. The summed E-state index contributed by atoms with van der Waals surface area (Å²) in [4.78, 5) is 23.4. The van der Waals surface area contributed by atoms with E-state index >= 15 is 0 Å². The Balaban J connectivity index is 2.06. The Labute approximate surface area is 136 Å². The van der Waals surface area contributed by atoms with Gasteiger partial charge in [-0.1, -0.05) is 43.3 Å². The van der Waals surface area contributed by atoms with Crippen LogP contribution in [0.15, 0.2) is 42.5 Å². The average Bonchev–Trinajstić information content (AvgIpc) is 2.55. The molecule has 0 atom stereocenters. The van der Waals surface area contributed by atoms with Crippen molar-refractivity contribution in [1.82, 2.24) is 0 Å². The number of hydrogen-bond donors (Lipinski definition) is 2. The highest BCUT2D eigenvalue weighted by Crippen LogP contribution is 2.21. The molecule has 0 radical (unpaired) electrons. The van der Waals surface area contributed by atoms with Crippen molar-refractivity contribution in [3.63, 3.8) is 0 Å². The number of carbonyl (C=O) groups is 2. The standard InChI is InChI=1S/C19H21NO3/c1-3-14-9-6-7-13(2)18(14)20-17(21)12-11-15-8-4-5-10-16(15)19(22)23/h4-10H,3,11-12H2,1-2H3,(H,20,21)(H,22,23). The number of para-hydroxylation sites is 1. The van der Waals surface area contributed by atoms with Crippen LogP contribution in [0.25, 0.3) is 0 Å². The van der Waals surface area contributed by atoms with Crippen LogP contribution in [-0.4, -0.2) is 17.0 Å². The van der Waals surface area contributed by atoms with Gasteiger partial charge in [-0.3, -0.25) is 4.79 Å². The van der Waals surface area contributed by atoms with Gasteiger partial charge in [-0.25, -0.2) is 4.79 Å². The first-order valence-electron chi connectivity index (χ1n) is 7.72. The predicted octanol–water partition coefficient (Wildman–Crippen LogP) is 3.83. The molecule has 4 nitrogen and oxygen atoms in total. The zero-order chi connectivity index (χ0) is 16.8. The third kappa shape index (κ3) is 4.19. The predicted molar refractivity (Wildman–Crippen MR) is 90.9 cm³/mol. The molecular weight excluding hydrogens is 290 g/mol. The average molecular weight is 311 g/mol. The maximum absolute atomic E-state index is 12.2. The van der Waals surface area contributed by atoms with E-state index in [9.17, 15) is 14.7 Å². The van der Waals surface area contributed by atoms with E-state index in [0.29, 0.717) is 12.0 Å². The molecule has 0 heterocycles. The Hall–Kier alpha value is -2.62. The lowest BCUT2D eigenvalue weighted by molar-refractivity contribution is -0.116. The number of aryl methyl sites for hydroxylation is 3. The largest absolute Gasteiger partial charge is 0.478 e. The Morgan fingerprint density at radius 3 is 2.43 bits per heavy atom. The molecular formula is C19H21NO3. The molecule has 0 saturated heterocycles. The smallest absolute Gasteiger partial charge is 0.335 e. The highest BCUT2D eigenvalue weighted by Gasteiger charge is 2.12. The first-order valence-corrected chi connectivity index (χ1v) is 7.72. The second-order valence-electron chi connectivity index (χ2n) is 5.47. The lowest BCUT2D eigenvalue weighted by atomic mass is 10.0. The van der Waals surface area contributed by atoms with Crippen molar-refractivity contribution in [3.05, 3.63) is 64.7 Å². The normalized spacial score (nSPS) is 10.3. The Morgan fingerprint density at radius 1 is 1.04 bits per heavy atom. The van der Waals surface area contributed by atoms with Gasteiger partial charge in [-0.05, 0) is 42.5 Å². The number of rotatable bonds is 6. The molecule has 0 saturated carbocycles. The third-order valence-electron chi connectivity index (χ3n) is 3.87. The van der Waals surface area contributed by atoms with Crippen LogP contribution in [0.4, 0.5) is 5.69 Å². The first-order chi connectivity index (χ1) is 11.0. The molecule has 0 aliphatic rings. The van der Waals surface area contributed by atoms with Crippen LogP contribution in [0, 0.1) is 6.92 Å². The van der Waals surface area contributed by atoms with Crippen molar-refractivity contribution in [2.45, 2.75) is 33.1 Å². The van der Waals surface area contributed by atoms with Gasteiger partial charge in [0.25, 0.3) is 0 Å². The lowest BCUT2D eigenvalue weighted by Gasteiger charge is -2.13. The summed E-state index contributed by atoms with van der Waals surface area (Å²) < 4.78 is 0. The molecule has 2 rings (SSSR count). The summed E-state index contributed by atoms with van der Waals surface area (Å²) in [5.41, 5.74) is 3.93. The first kappa shape index (κ1) is 16.7. The van der Waals surface area contributed by atoms with Crippen molar-refractivity contribution in [1.29, 1.82) is 0 Å². The van der Waals surface area contributed by atoms with Crippen molar-refractivity contribution in [2.24, 2.45) is 0 Å². The summed E-state index contributed by atoms with van der Waals surface area (Å²) in [6.07, 6.45) is 1.50. The summed E-state index contributed by atoms with van der Waals surface area (Å²) in [6.45, 7) is 4.02. The van der Waals surface area contributed by atoms with Gasteiger partial charge in [0.1, 0.15) is 0 Å². The van der Waals surface area contributed by atoms with Crippen LogP contribution in [0.5, 0.6) is 0 Å². The van der Waals surface area contributed by atoms with Gasteiger partial charge >= 0.3 is 5.97 Å². The third-order valence-corrected chi connectivity index (χ3v) is 3.87. The Bertz CT molecular complexity index is 722. The van der Waals surface area contributed by atoms with E-state index in [-0.39, 0.29) is 17.9 Å². The molecule has 4 heteroatoms. The molecule has 0 aliphatic heterocycles. The fraction of sp³-hybridized carbons (Fsp3) is 0.263. The van der Waals surface area contributed by atoms with Gasteiger partial charge in [0, 0.05) is 12.1 Å². The summed E-state index contributed by atoms with van der Waals surface area (Å²) in [7, 11) is 0. The lowest BCUT2D eigenvalue weighted by Crippen LogP contribution is -2.15. The fourth-order valence-electron chi connectivity index (χ4n) is 2.60. The number of aromatic carboxylic acids is 1. The van der Waals surface area contributed by atoms with Crippen LogP contribution < -0.4 is 5.32 Å². The molecule has 0 fully saturated rings. The summed E-state index contributed by atoms with van der Waals surface area (Å²) >= 11 is 0. The van der Waals surface area contributed by atoms with Gasteiger partial charge in [0.05, 0.1) is 5.56 Å². The van der Waals surface area contributed by atoms with Crippen LogP contribution in [0.2, 0.25) is 0 Å². The molecule has 2 N–H and O–H groups in total. The van der Waals surface area contributed by atoms with E-state index in [1.165, 1.54) is 0 Å². The Kier molecular flexibility index (Phi) is 5.52. The van der Waals surface area contributed by atoms with Crippen molar-refractivity contribution < 1.29 is 14.7 Å². The number of hydrogen-bond acceptors (Lipinski definition) is 2. The van der Waals surface area contributed by atoms with Gasteiger partial charge < -0.3 is 10.4 Å². The SMILES string of the molecule is CCc1cccc(C)c1NC(=O)CCc1ccccc1C(=O)O. The highest BCUT2D eigenvalue weighted by atomic mass is 16.4. The molecule has 0 spiro atoms. The van der Waals surface area contributed by atoms with E-state index in [2.05, 4.69) is 5.32 Å². The monoisotopic (exact) mass is 311 g/mol. The molecule has 120 valence electrons. The van der Waals surface area contributed by atoms with Gasteiger partial charge in [0.2, 0.25) is 5.91 Å². The number of nitrogens with one attached hydrogen (secondary N) is 1. The summed E-state index contributed by atoms with van der Waals surface area (Å²) in [5, 5.41) is 12.1. The van der Waals surface area contributed by atoms with Crippen LogP contribution in [0.1, 0.15) is 40.4 Å². The molecule has 0 unspecified atom stereocenters. The maximum Gasteiger partial charge on any atom is 0.335 e. The Morgan fingerprint density at radius 2 is 1.74 bits per heavy atom. The summed E-state index contributed by atoms with van der Waals surface area (Å²) in [6, 6.07) is 12.7. The minimum Gasteiger partial charge on any atom is -0.478 e. The van der Waals surface area contributed by atoms with Crippen molar-refractivity contribution in [2.75, 3.05) is 5.32 Å². The van der Waals surface area contributed by atoms with E-state index in [4.69, 9.17) is 0 Å². The van der Waals surface area contributed by atoms with Gasteiger partial charge in [-0.2, -0.15) is 0 Å². The number of carboxylic acids is 1. The topological polar surface area (TPSA) is 66.4 Å². The van der Waals surface area contributed by atoms with E-state index in [1.54, 1.807) is 24.3 Å². The number of carbonyl (C=O) groups excluding carboxylic acids is 1. The van der Waals surface area contributed by atoms with Gasteiger partial charge in [0.15, 0.2) is 0 Å². The second-order valence-corrected chi connectivity index (χ2v) is 5.47.